The summed E-state index contributed by atoms with van der Waals surface area (Å²) in [5.74, 6) is 1.69. The first kappa shape index (κ1) is 15.4. The molecule has 2 aromatic rings. The van der Waals surface area contributed by atoms with Gasteiger partial charge in [-0.25, -0.2) is 0 Å². The van der Waals surface area contributed by atoms with Gasteiger partial charge in [0.25, 0.3) is 5.91 Å². The fourth-order valence-electron chi connectivity index (χ4n) is 2.00. The Morgan fingerprint density at radius 3 is 2.57 bits per heavy atom. The third-order valence-corrected chi connectivity index (χ3v) is 3.32. The van der Waals surface area contributed by atoms with Crippen molar-refractivity contribution in [3.63, 3.8) is 0 Å². The smallest absolute Gasteiger partial charge is 0.287 e. The van der Waals surface area contributed by atoms with Crippen molar-refractivity contribution < 1.29 is 13.9 Å². The number of hydrogen-bond acceptors (Lipinski definition) is 3. The summed E-state index contributed by atoms with van der Waals surface area (Å²) in [4.78, 5) is 11.8. The van der Waals surface area contributed by atoms with E-state index in [9.17, 15) is 4.79 Å². The molecular formula is C16H18ClNO3. The zero-order valence-corrected chi connectivity index (χ0v) is 12.9. The average Bonchev–Trinajstić information content (AvgIpc) is 2.95. The fraction of sp³-hybridized carbons (Fsp3) is 0.312. The van der Waals surface area contributed by atoms with Crippen molar-refractivity contribution in [2.24, 2.45) is 0 Å². The number of furan rings is 1. The van der Waals surface area contributed by atoms with Gasteiger partial charge in [0.2, 0.25) is 0 Å². The van der Waals surface area contributed by atoms with Gasteiger partial charge in [-0.15, -0.1) is 11.6 Å². The van der Waals surface area contributed by atoms with Crippen LogP contribution in [0.4, 0.5) is 0 Å². The van der Waals surface area contributed by atoms with Crippen molar-refractivity contribution in [3.05, 3.63) is 53.0 Å². The number of halogens is 1. The Bertz CT molecular complexity index is 601. The lowest BCUT2D eigenvalue weighted by Crippen LogP contribution is -2.27. The second kappa shape index (κ2) is 7.18. The van der Waals surface area contributed by atoms with E-state index in [1.165, 1.54) is 0 Å². The minimum Gasteiger partial charge on any atom is -0.491 e. The van der Waals surface area contributed by atoms with Crippen molar-refractivity contribution in [1.82, 2.24) is 5.32 Å². The first-order valence-electron chi connectivity index (χ1n) is 6.73. The first-order chi connectivity index (χ1) is 10.1. The zero-order valence-electron chi connectivity index (χ0n) is 12.1. The Kier molecular flexibility index (Phi) is 5.28. The van der Waals surface area contributed by atoms with Crippen LogP contribution in [0.1, 0.15) is 27.4 Å². The minimum atomic E-state index is -0.267. The van der Waals surface area contributed by atoms with Crippen LogP contribution in [0.15, 0.2) is 34.7 Å². The van der Waals surface area contributed by atoms with Gasteiger partial charge in [0.05, 0.1) is 12.4 Å². The number of benzene rings is 1. The van der Waals surface area contributed by atoms with E-state index in [-0.39, 0.29) is 17.5 Å². The van der Waals surface area contributed by atoms with Crippen LogP contribution in [0, 0.1) is 13.8 Å². The normalized spacial score (nSPS) is 10.4. The molecule has 1 aromatic carbocycles. The molecule has 0 aliphatic heterocycles. The maximum Gasteiger partial charge on any atom is 0.287 e. The number of nitrogens with one attached hydrogen (secondary N) is 1. The van der Waals surface area contributed by atoms with Gasteiger partial charge in [-0.3, -0.25) is 4.79 Å². The van der Waals surface area contributed by atoms with Gasteiger partial charge >= 0.3 is 0 Å². The monoisotopic (exact) mass is 307 g/mol. The standard InChI is InChI=1S/C16H18ClNO3/c1-11-4-3-5-12(2)15(11)20-9-8-18-16(19)14-7-6-13(10-17)21-14/h3-7H,8-10H2,1-2H3,(H,18,19). The SMILES string of the molecule is Cc1cccc(C)c1OCCNC(=O)c1ccc(CCl)o1. The fourth-order valence-corrected chi connectivity index (χ4v) is 2.15. The minimum absolute atomic E-state index is 0.253. The summed E-state index contributed by atoms with van der Waals surface area (Å²) in [6.07, 6.45) is 0. The molecule has 112 valence electrons. The molecule has 0 fully saturated rings. The Morgan fingerprint density at radius 2 is 1.95 bits per heavy atom. The summed E-state index contributed by atoms with van der Waals surface area (Å²) in [6, 6.07) is 9.29. The highest BCUT2D eigenvalue weighted by Gasteiger charge is 2.10. The van der Waals surface area contributed by atoms with E-state index in [2.05, 4.69) is 5.32 Å². The maximum absolute atomic E-state index is 11.8. The van der Waals surface area contributed by atoms with E-state index in [0.29, 0.717) is 18.9 Å². The lowest BCUT2D eigenvalue weighted by molar-refractivity contribution is 0.0918. The molecule has 5 heteroatoms. The number of hydrogen-bond donors (Lipinski definition) is 1. The van der Waals surface area contributed by atoms with Crippen LogP contribution in [-0.2, 0) is 5.88 Å². The van der Waals surface area contributed by atoms with E-state index in [1.807, 2.05) is 32.0 Å². The molecule has 0 aliphatic carbocycles. The number of rotatable bonds is 6. The number of carbonyl (C=O) groups excluding carboxylic acids is 1. The van der Waals surface area contributed by atoms with Crippen LogP contribution in [0.3, 0.4) is 0 Å². The first-order valence-corrected chi connectivity index (χ1v) is 7.27. The van der Waals surface area contributed by atoms with Crippen molar-refractivity contribution in [1.29, 1.82) is 0 Å². The van der Waals surface area contributed by atoms with Crippen molar-refractivity contribution in [3.8, 4) is 5.75 Å². The van der Waals surface area contributed by atoms with E-state index < -0.39 is 0 Å². The lowest BCUT2D eigenvalue weighted by Gasteiger charge is -2.12. The van der Waals surface area contributed by atoms with Crippen molar-refractivity contribution in [2.75, 3.05) is 13.2 Å². The van der Waals surface area contributed by atoms with Crippen LogP contribution in [0.25, 0.3) is 0 Å². The molecule has 1 N–H and O–H groups in total. The summed E-state index contributed by atoms with van der Waals surface area (Å²) < 4.78 is 11.0. The van der Waals surface area contributed by atoms with Gasteiger partial charge in [-0.2, -0.15) is 0 Å². The molecule has 0 unspecified atom stereocenters. The lowest BCUT2D eigenvalue weighted by atomic mass is 10.1. The predicted molar refractivity (Wildman–Crippen MR) is 82.0 cm³/mol. The molecule has 1 heterocycles. The van der Waals surface area contributed by atoms with Crippen molar-refractivity contribution in [2.45, 2.75) is 19.7 Å². The summed E-state index contributed by atoms with van der Waals surface area (Å²) in [5, 5.41) is 2.74. The Labute approximate surface area is 129 Å². The number of carbonyl (C=O) groups is 1. The van der Waals surface area contributed by atoms with Crippen LogP contribution in [-0.4, -0.2) is 19.1 Å². The molecule has 0 bridgehead atoms. The average molecular weight is 308 g/mol. The molecule has 1 aromatic heterocycles. The molecule has 21 heavy (non-hydrogen) atoms. The second-order valence-electron chi connectivity index (χ2n) is 4.72. The largest absolute Gasteiger partial charge is 0.491 e. The molecule has 4 nitrogen and oxygen atoms in total. The molecule has 0 saturated heterocycles. The van der Waals surface area contributed by atoms with Crippen LogP contribution in [0.5, 0.6) is 5.75 Å². The maximum atomic E-state index is 11.8. The van der Waals surface area contributed by atoms with Gasteiger partial charge < -0.3 is 14.5 Å². The molecule has 0 atom stereocenters. The van der Waals surface area contributed by atoms with Gasteiger partial charge in [0.1, 0.15) is 18.1 Å². The van der Waals surface area contributed by atoms with Crippen molar-refractivity contribution >= 4 is 17.5 Å². The Balaban J connectivity index is 1.80. The Morgan fingerprint density at radius 1 is 1.24 bits per heavy atom. The molecular weight excluding hydrogens is 290 g/mol. The van der Waals surface area contributed by atoms with E-state index in [1.54, 1.807) is 12.1 Å². The van der Waals surface area contributed by atoms with Gasteiger partial charge in [0, 0.05) is 0 Å². The van der Waals surface area contributed by atoms with E-state index in [0.717, 1.165) is 16.9 Å². The molecule has 0 aliphatic rings. The van der Waals surface area contributed by atoms with Crippen LogP contribution >= 0.6 is 11.6 Å². The number of aryl methyl sites for hydroxylation is 2. The zero-order chi connectivity index (χ0) is 15.2. The second-order valence-corrected chi connectivity index (χ2v) is 4.99. The summed E-state index contributed by atoms with van der Waals surface area (Å²) in [7, 11) is 0. The quantitative estimate of drug-likeness (QED) is 0.657. The molecule has 2 rings (SSSR count). The molecule has 0 radical (unpaired) electrons. The van der Waals surface area contributed by atoms with Gasteiger partial charge in [0.15, 0.2) is 5.76 Å². The van der Waals surface area contributed by atoms with Gasteiger partial charge in [-0.1, -0.05) is 18.2 Å². The highest BCUT2D eigenvalue weighted by Crippen LogP contribution is 2.21. The third kappa shape index (κ3) is 4.02. The highest BCUT2D eigenvalue weighted by atomic mass is 35.5. The number of amides is 1. The van der Waals surface area contributed by atoms with Crippen LogP contribution in [0.2, 0.25) is 0 Å². The summed E-state index contributed by atoms with van der Waals surface area (Å²) in [5.41, 5.74) is 2.17. The molecule has 0 spiro atoms. The molecule has 1 amide bonds. The highest BCUT2D eigenvalue weighted by molar-refractivity contribution is 6.16. The topological polar surface area (TPSA) is 51.5 Å². The molecule has 0 saturated carbocycles. The Hall–Kier alpha value is -1.94. The number of para-hydroxylation sites is 1. The third-order valence-electron chi connectivity index (χ3n) is 3.06. The summed E-state index contributed by atoms with van der Waals surface area (Å²) >= 11 is 5.62. The number of alkyl halides is 1. The van der Waals surface area contributed by atoms with Gasteiger partial charge in [-0.05, 0) is 37.1 Å². The van der Waals surface area contributed by atoms with E-state index in [4.69, 9.17) is 20.8 Å². The predicted octanol–water partition coefficient (Wildman–Crippen LogP) is 3.44. The van der Waals surface area contributed by atoms with E-state index >= 15 is 0 Å². The van der Waals surface area contributed by atoms with Crippen LogP contribution < -0.4 is 10.1 Å². The summed E-state index contributed by atoms with van der Waals surface area (Å²) in [6.45, 7) is 4.80. The number of ether oxygens (including phenoxy) is 1.